The summed E-state index contributed by atoms with van der Waals surface area (Å²) >= 11 is 0. The number of pyridine rings is 1. The van der Waals surface area contributed by atoms with E-state index >= 15 is 0 Å². The number of amides is 1. The number of nitrogens with two attached hydrogens (primary N) is 1. The molecule has 0 aliphatic carbocycles. The van der Waals surface area contributed by atoms with Crippen molar-refractivity contribution >= 4 is 11.7 Å². The minimum atomic E-state index is -4.41. The third kappa shape index (κ3) is 5.13. The lowest BCUT2D eigenvalue weighted by molar-refractivity contribution is -0.137. The largest absolute Gasteiger partial charge is 0.462 e. The van der Waals surface area contributed by atoms with Gasteiger partial charge < -0.3 is 20.8 Å². The molecule has 0 spiro atoms. The van der Waals surface area contributed by atoms with Crippen LogP contribution in [0.1, 0.15) is 28.4 Å². The first-order valence-corrected chi connectivity index (χ1v) is 8.65. The van der Waals surface area contributed by atoms with Crippen molar-refractivity contribution in [3.63, 3.8) is 0 Å². The van der Waals surface area contributed by atoms with E-state index in [4.69, 9.17) is 10.2 Å². The van der Waals surface area contributed by atoms with Gasteiger partial charge in [-0.15, -0.1) is 0 Å². The summed E-state index contributed by atoms with van der Waals surface area (Å²) in [4.78, 5) is 15.0. The molecule has 5 N–H and O–H groups in total. The van der Waals surface area contributed by atoms with E-state index in [9.17, 15) is 18.0 Å². The molecule has 3 rings (SSSR count). The molecule has 0 fully saturated rings. The highest BCUT2D eigenvalue weighted by Crippen LogP contribution is 2.29. The van der Waals surface area contributed by atoms with Crippen LogP contribution in [0.3, 0.4) is 0 Å². The average Bonchev–Trinajstić information content (AvgIpc) is 3.30. The number of anilines is 1. The van der Waals surface area contributed by atoms with Crippen molar-refractivity contribution < 1.29 is 22.4 Å². The van der Waals surface area contributed by atoms with Crippen LogP contribution < -0.4 is 16.4 Å². The number of hydrogen-bond donors (Lipinski definition) is 4. The molecule has 0 saturated carbocycles. The number of rotatable bonds is 8. The summed E-state index contributed by atoms with van der Waals surface area (Å²) in [7, 11) is 0. The predicted octanol–water partition coefficient (Wildman–Crippen LogP) is 2.77. The number of alkyl halides is 3. The number of carbonyl (C=O) groups excluding carboxylic acids is 1. The van der Waals surface area contributed by atoms with E-state index in [0.717, 1.165) is 17.8 Å². The van der Waals surface area contributed by atoms with E-state index < -0.39 is 17.6 Å². The first-order chi connectivity index (χ1) is 13.7. The van der Waals surface area contributed by atoms with Gasteiger partial charge in [-0.1, -0.05) is 0 Å². The minimum absolute atomic E-state index is 0.0975. The Morgan fingerprint density at radius 3 is 2.76 bits per heavy atom. The van der Waals surface area contributed by atoms with Crippen LogP contribution in [0.5, 0.6) is 0 Å². The monoisotopic (exact) mass is 408 g/mol. The van der Waals surface area contributed by atoms with Gasteiger partial charge in [0.1, 0.15) is 17.8 Å². The Morgan fingerprint density at radius 1 is 1.34 bits per heavy atom. The van der Waals surface area contributed by atoms with E-state index in [1.54, 1.807) is 6.20 Å². The molecule has 0 aliphatic heterocycles. The molecule has 3 heterocycles. The van der Waals surface area contributed by atoms with Gasteiger partial charge in [0, 0.05) is 30.9 Å². The molecule has 0 saturated heterocycles. The molecular formula is C18H19F3N6O2. The zero-order valence-electron chi connectivity index (χ0n) is 15.4. The quantitative estimate of drug-likeness (QED) is 0.455. The van der Waals surface area contributed by atoms with Gasteiger partial charge in [0.2, 0.25) is 0 Å². The third-order valence-electron chi connectivity index (χ3n) is 4.10. The van der Waals surface area contributed by atoms with E-state index in [-0.39, 0.29) is 11.6 Å². The zero-order chi connectivity index (χ0) is 21.0. The number of H-pyrrole nitrogens is 1. The van der Waals surface area contributed by atoms with E-state index in [2.05, 4.69) is 25.8 Å². The van der Waals surface area contributed by atoms with Gasteiger partial charge in [0.15, 0.2) is 5.76 Å². The smallest absolute Gasteiger partial charge is 0.417 e. The van der Waals surface area contributed by atoms with E-state index in [1.807, 2.05) is 6.92 Å². The van der Waals surface area contributed by atoms with Crippen LogP contribution >= 0.6 is 0 Å². The number of carbonyl (C=O) groups is 1. The molecule has 8 nitrogen and oxygen atoms in total. The maximum atomic E-state index is 12.6. The summed E-state index contributed by atoms with van der Waals surface area (Å²) in [6.07, 6.45) is -0.708. The van der Waals surface area contributed by atoms with Crippen LogP contribution in [0.2, 0.25) is 0 Å². The predicted molar refractivity (Wildman–Crippen MR) is 98.8 cm³/mol. The Labute approximate surface area is 163 Å². The summed E-state index contributed by atoms with van der Waals surface area (Å²) in [5, 5.41) is 13.1. The highest BCUT2D eigenvalue weighted by atomic mass is 19.4. The summed E-state index contributed by atoms with van der Waals surface area (Å²) in [5.74, 6) is 0.204. The number of halogens is 3. The van der Waals surface area contributed by atoms with Crippen molar-refractivity contribution in [2.24, 2.45) is 5.73 Å². The number of furan rings is 1. The maximum absolute atomic E-state index is 12.6. The lowest BCUT2D eigenvalue weighted by atomic mass is 10.2. The molecule has 3 aromatic rings. The van der Waals surface area contributed by atoms with Crippen LogP contribution in [0.25, 0.3) is 11.5 Å². The maximum Gasteiger partial charge on any atom is 0.417 e. The van der Waals surface area contributed by atoms with Crippen LogP contribution in [-0.4, -0.2) is 33.7 Å². The Balaban J connectivity index is 1.52. The summed E-state index contributed by atoms with van der Waals surface area (Å²) < 4.78 is 43.1. The Hall–Kier alpha value is -3.34. The van der Waals surface area contributed by atoms with Gasteiger partial charge in [0.05, 0.1) is 17.3 Å². The molecule has 0 unspecified atom stereocenters. The van der Waals surface area contributed by atoms with Crippen LogP contribution in [0, 0.1) is 0 Å². The van der Waals surface area contributed by atoms with Gasteiger partial charge in [-0.3, -0.25) is 9.89 Å². The van der Waals surface area contributed by atoms with Crippen LogP contribution in [0.4, 0.5) is 19.0 Å². The van der Waals surface area contributed by atoms with Crippen LogP contribution in [-0.2, 0) is 12.7 Å². The molecule has 1 atom stereocenters. The van der Waals surface area contributed by atoms with Crippen molar-refractivity contribution in [3.8, 4) is 11.5 Å². The number of hydrogen-bond acceptors (Lipinski definition) is 6. The second-order valence-electron chi connectivity index (χ2n) is 6.44. The molecular weight excluding hydrogens is 389 g/mol. The molecule has 154 valence electrons. The fourth-order valence-electron chi connectivity index (χ4n) is 2.63. The number of primary amides is 1. The number of nitrogens with one attached hydrogen (secondary N) is 3. The molecule has 0 aliphatic rings. The minimum Gasteiger partial charge on any atom is -0.462 e. The van der Waals surface area contributed by atoms with E-state index in [0.29, 0.717) is 30.4 Å². The first kappa shape index (κ1) is 20.4. The van der Waals surface area contributed by atoms with Crippen LogP contribution in [0.15, 0.2) is 41.3 Å². The first-order valence-electron chi connectivity index (χ1n) is 8.65. The number of nitrogens with zero attached hydrogens (tertiary/aromatic N) is 2. The summed E-state index contributed by atoms with van der Waals surface area (Å²) in [6.45, 7) is 2.83. The molecule has 29 heavy (non-hydrogen) atoms. The molecule has 1 amide bonds. The normalized spacial score (nSPS) is 12.7. The van der Waals surface area contributed by atoms with Crippen molar-refractivity contribution in [1.29, 1.82) is 0 Å². The highest BCUT2D eigenvalue weighted by molar-refractivity contribution is 5.93. The highest BCUT2D eigenvalue weighted by Gasteiger charge is 2.30. The Morgan fingerprint density at radius 2 is 2.14 bits per heavy atom. The van der Waals surface area contributed by atoms with Gasteiger partial charge in [-0.2, -0.15) is 18.3 Å². The lowest BCUT2D eigenvalue weighted by Crippen LogP contribution is -2.30. The van der Waals surface area contributed by atoms with Gasteiger partial charge in [-0.25, -0.2) is 4.98 Å². The van der Waals surface area contributed by atoms with Crippen molar-refractivity contribution in [2.75, 3.05) is 11.9 Å². The second kappa shape index (κ2) is 8.35. The topological polar surface area (TPSA) is 122 Å². The van der Waals surface area contributed by atoms with Crippen molar-refractivity contribution in [1.82, 2.24) is 20.5 Å². The van der Waals surface area contributed by atoms with E-state index in [1.165, 1.54) is 18.4 Å². The zero-order valence-corrected chi connectivity index (χ0v) is 15.4. The molecule has 0 radical (unpaired) electrons. The molecule has 11 heteroatoms. The van der Waals surface area contributed by atoms with Gasteiger partial charge in [0.25, 0.3) is 5.91 Å². The van der Waals surface area contributed by atoms with Gasteiger partial charge in [-0.05, 0) is 25.1 Å². The number of aromatic nitrogens is 3. The molecule has 0 aromatic carbocycles. The second-order valence-corrected chi connectivity index (χ2v) is 6.44. The lowest BCUT2D eigenvalue weighted by Gasteiger charge is -2.16. The Kier molecular flexibility index (Phi) is 5.87. The Bertz CT molecular complexity index is 965. The average molecular weight is 408 g/mol. The summed E-state index contributed by atoms with van der Waals surface area (Å²) in [6, 6.07) is 3.71. The molecule has 0 bridgehead atoms. The standard InChI is InChI=1S/C18H19F3N6O2/c1-10(26-15-3-2-13(8-24-15)18(19,20)21)5-23-6-12-7-25-27-16(12)14-4-11(9-29-14)17(22)28/h2-4,7-10,23H,5-6H2,1H3,(H2,22,28)(H,24,26)(H,25,27)/t10-/m1/s1. The van der Waals surface area contributed by atoms with Crippen molar-refractivity contribution in [2.45, 2.75) is 25.7 Å². The third-order valence-corrected chi connectivity index (χ3v) is 4.10. The fourth-order valence-corrected chi connectivity index (χ4v) is 2.63. The van der Waals surface area contributed by atoms with Crippen molar-refractivity contribution in [3.05, 3.63) is 53.5 Å². The van der Waals surface area contributed by atoms with Gasteiger partial charge >= 0.3 is 6.18 Å². The fraction of sp³-hybridized carbons (Fsp3) is 0.278. The summed E-state index contributed by atoms with van der Waals surface area (Å²) in [5.41, 5.74) is 6.12. The SMILES string of the molecule is C[C@H](CNCc1cn[nH]c1-c1cc(C(N)=O)co1)Nc1ccc(C(F)(F)F)cn1. The molecule has 3 aromatic heterocycles. The number of aromatic amines is 1.